The molecule has 3 heteroatoms. The van der Waals surface area contributed by atoms with E-state index >= 15 is 0 Å². The second-order valence-electron chi connectivity index (χ2n) is 5.63. The van der Waals surface area contributed by atoms with Crippen LogP contribution in [-0.2, 0) is 0 Å². The van der Waals surface area contributed by atoms with Crippen molar-refractivity contribution in [3.05, 3.63) is 70.5 Å². The van der Waals surface area contributed by atoms with E-state index in [9.17, 15) is 4.79 Å². The number of nitriles is 1. The summed E-state index contributed by atoms with van der Waals surface area (Å²) in [7, 11) is 0. The van der Waals surface area contributed by atoms with Crippen LogP contribution in [0.15, 0.2) is 53.8 Å². The van der Waals surface area contributed by atoms with Crippen molar-refractivity contribution < 1.29 is 4.79 Å². The normalized spacial score (nSPS) is 17.0. The van der Waals surface area contributed by atoms with Gasteiger partial charge < -0.3 is 4.90 Å². The van der Waals surface area contributed by atoms with Gasteiger partial charge in [-0.05, 0) is 55.5 Å². The molecule has 0 unspecified atom stereocenters. The van der Waals surface area contributed by atoms with Gasteiger partial charge in [-0.15, -0.1) is 0 Å². The third-order valence-electron chi connectivity index (χ3n) is 4.12. The van der Waals surface area contributed by atoms with Crippen LogP contribution in [0.5, 0.6) is 0 Å². The molecule has 0 saturated heterocycles. The molecule has 0 radical (unpaired) electrons. The maximum absolute atomic E-state index is 12.9. The quantitative estimate of drug-likeness (QED) is 0.788. The predicted molar refractivity (Wildman–Crippen MR) is 86.1 cm³/mol. The standard InChI is InChI=1S/C19H18N2O/c1-14-12-16(9-10-17(14)13-20)19(22)21-11-5-4-7-15-6-2-3-8-18(15)21/h2,6-10,12H,3-5,11H2,1H3. The molecule has 0 atom stereocenters. The number of aryl methyl sites for hydroxylation is 1. The number of carbonyl (C=O) groups excluding carboxylic acids is 1. The molecule has 1 heterocycles. The number of benzene rings is 1. The van der Waals surface area contributed by atoms with Crippen LogP contribution in [0.3, 0.4) is 0 Å². The molecule has 110 valence electrons. The molecule has 0 saturated carbocycles. The van der Waals surface area contributed by atoms with Crippen molar-refractivity contribution in [2.75, 3.05) is 6.54 Å². The molecule has 1 aliphatic heterocycles. The second kappa shape index (κ2) is 6.03. The first kappa shape index (κ1) is 14.3. The zero-order chi connectivity index (χ0) is 15.5. The van der Waals surface area contributed by atoms with Crippen molar-refractivity contribution in [1.29, 1.82) is 5.26 Å². The third-order valence-corrected chi connectivity index (χ3v) is 4.12. The maximum Gasteiger partial charge on any atom is 0.258 e. The molecule has 1 aliphatic carbocycles. The van der Waals surface area contributed by atoms with Crippen LogP contribution in [0.1, 0.15) is 40.7 Å². The molecule has 1 aromatic rings. The molecule has 2 aliphatic rings. The lowest BCUT2D eigenvalue weighted by atomic mass is 10.0. The highest BCUT2D eigenvalue weighted by Gasteiger charge is 2.24. The van der Waals surface area contributed by atoms with Gasteiger partial charge >= 0.3 is 0 Å². The molecule has 22 heavy (non-hydrogen) atoms. The maximum atomic E-state index is 12.9. The minimum atomic E-state index is 0.0157. The molecule has 0 N–H and O–H groups in total. The Morgan fingerprint density at radius 1 is 1.32 bits per heavy atom. The summed E-state index contributed by atoms with van der Waals surface area (Å²) in [5.74, 6) is 0.0157. The summed E-state index contributed by atoms with van der Waals surface area (Å²) in [6, 6.07) is 7.44. The lowest BCUT2D eigenvalue weighted by molar-refractivity contribution is 0.0809. The first-order chi connectivity index (χ1) is 10.7. The fraction of sp³-hybridized carbons (Fsp3) is 0.263. The van der Waals surface area contributed by atoms with Crippen molar-refractivity contribution in [2.45, 2.75) is 26.2 Å². The number of allylic oxidation sites excluding steroid dienone is 4. The molecule has 3 nitrogen and oxygen atoms in total. The van der Waals surface area contributed by atoms with Crippen LogP contribution in [0, 0.1) is 18.3 Å². The number of fused-ring (bicyclic) bond motifs is 1. The van der Waals surface area contributed by atoms with Crippen LogP contribution in [0.2, 0.25) is 0 Å². The Balaban J connectivity index is 1.94. The SMILES string of the molecule is Cc1cc(C(=O)N2CCCC=C3C=CCC=C32)ccc1C#N. The fourth-order valence-corrected chi connectivity index (χ4v) is 2.93. The van der Waals surface area contributed by atoms with Crippen LogP contribution in [-0.4, -0.2) is 17.4 Å². The van der Waals surface area contributed by atoms with Gasteiger partial charge in [-0.25, -0.2) is 0 Å². The highest BCUT2D eigenvalue weighted by molar-refractivity contribution is 5.96. The first-order valence-electron chi connectivity index (χ1n) is 7.60. The second-order valence-corrected chi connectivity index (χ2v) is 5.63. The van der Waals surface area contributed by atoms with E-state index in [1.54, 1.807) is 12.1 Å². The number of hydrogen-bond acceptors (Lipinski definition) is 2. The Kier molecular flexibility index (Phi) is 3.93. The Morgan fingerprint density at radius 3 is 2.95 bits per heavy atom. The highest BCUT2D eigenvalue weighted by atomic mass is 16.2. The summed E-state index contributed by atoms with van der Waals surface area (Å²) < 4.78 is 0. The smallest absolute Gasteiger partial charge is 0.258 e. The molecular weight excluding hydrogens is 272 g/mol. The summed E-state index contributed by atoms with van der Waals surface area (Å²) in [6.07, 6.45) is 11.4. The predicted octanol–water partition coefficient (Wildman–Crippen LogP) is 3.87. The van der Waals surface area contributed by atoms with E-state index in [-0.39, 0.29) is 5.91 Å². The largest absolute Gasteiger partial charge is 0.308 e. The van der Waals surface area contributed by atoms with Gasteiger partial charge in [0.25, 0.3) is 5.91 Å². The molecule has 0 bridgehead atoms. The Bertz CT molecular complexity index is 747. The number of rotatable bonds is 1. The van der Waals surface area contributed by atoms with Crippen LogP contribution in [0.4, 0.5) is 0 Å². The molecule has 1 amide bonds. The summed E-state index contributed by atoms with van der Waals surface area (Å²) in [5, 5.41) is 9.02. The van der Waals surface area contributed by atoms with E-state index in [0.717, 1.165) is 42.6 Å². The summed E-state index contributed by atoms with van der Waals surface area (Å²) >= 11 is 0. The van der Waals surface area contributed by atoms with Crippen LogP contribution < -0.4 is 0 Å². The average molecular weight is 290 g/mol. The minimum absolute atomic E-state index is 0.0157. The number of hydrogen-bond donors (Lipinski definition) is 0. The number of carbonyl (C=O) groups is 1. The zero-order valence-corrected chi connectivity index (χ0v) is 12.7. The lowest BCUT2D eigenvalue weighted by Crippen LogP contribution is -2.31. The van der Waals surface area contributed by atoms with Gasteiger partial charge in [-0.1, -0.05) is 24.3 Å². The van der Waals surface area contributed by atoms with Crippen molar-refractivity contribution in [3.8, 4) is 6.07 Å². The number of nitrogens with zero attached hydrogens (tertiary/aromatic N) is 2. The fourth-order valence-electron chi connectivity index (χ4n) is 2.93. The first-order valence-corrected chi connectivity index (χ1v) is 7.60. The van der Waals surface area contributed by atoms with Gasteiger partial charge in [-0.2, -0.15) is 5.26 Å². The van der Waals surface area contributed by atoms with Crippen molar-refractivity contribution in [1.82, 2.24) is 4.90 Å². The zero-order valence-electron chi connectivity index (χ0n) is 12.7. The van der Waals surface area contributed by atoms with Crippen molar-refractivity contribution in [3.63, 3.8) is 0 Å². The van der Waals surface area contributed by atoms with E-state index in [0.29, 0.717) is 11.1 Å². The lowest BCUT2D eigenvalue weighted by Gasteiger charge is -2.26. The Labute approximate surface area is 130 Å². The highest BCUT2D eigenvalue weighted by Crippen LogP contribution is 2.27. The molecule has 1 aromatic carbocycles. The minimum Gasteiger partial charge on any atom is -0.308 e. The van der Waals surface area contributed by atoms with Crippen LogP contribution in [0.25, 0.3) is 0 Å². The topological polar surface area (TPSA) is 44.1 Å². The van der Waals surface area contributed by atoms with Crippen LogP contribution >= 0.6 is 0 Å². The molecule has 3 rings (SSSR count). The summed E-state index contributed by atoms with van der Waals surface area (Å²) in [4.78, 5) is 14.8. The van der Waals surface area contributed by atoms with E-state index in [1.165, 1.54) is 0 Å². The monoisotopic (exact) mass is 290 g/mol. The van der Waals surface area contributed by atoms with E-state index in [1.807, 2.05) is 17.9 Å². The van der Waals surface area contributed by atoms with E-state index in [2.05, 4.69) is 30.4 Å². The molecule has 0 aromatic heterocycles. The van der Waals surface area contributed by atoms with Crippen molar-refractivity contribution >= 4 is 5.91 Å². The average Bonchev–Trinajstić information content (AvgIpc) is 2.76. The van der Waals surface area contributed by atoms with Gasteiger partial charge in [0, 0.05) is 17.8 Å². The molecular formula is C19H18N2O. The van der Waals surface area contributed by atoms with Gasteiger partial charge in [0.2, 0.25) is 0 Å². The molecule has 0 fully saturated rings. The summed E-state index contributed by atoms with van der Waals surface area (Å²) in [5.41, 5.74) is 4.27. The third kappa shape index (κ3) is 2.60. The van der Waals surface area contributed by atoms with Gasteiger partial charge in [-0.3, -0.25) is 4.79 Å². The van der Waals surface area contributed by atoms with Crippen molar-refractivity contribution in [2.24, 2.45) is 0 Å². The summed E-state index contributed by atoms with van der Waals surface area (Å²) in [6.45, 7) is 2.60. The molecule has 0 spiro atoms. The Hall–Kier alpha value is -2.60. The van der Waals surface area contributed by atoms with Gasteiger partial charge in [0.15, 0.2) is 0 Å². The van der Waals surface area contributed by atoms with Gasteiger partial charge in [0.05, 0.1) is 11.6 Å². The Morgan fingerprint density at radius 2 is 2.18 bits per heavy atom. The number of amides is 1. The van der Waals surface area contributed by atoms with Gasteiger partial charge in [0.1, 0.15) is 0 Å². The van der Waals surface area contributed by atoms with E-state index in [4.69, 9.17) is 5.26 Å². The van der Waals surface area contributed by atoms with E-state index < -0.39 is 0 Å².